The molecule has 4 saturated heterocycles. The largest absolute Gasteiger partial charge is 0.479 e. The minimum Gasteiger partial charge on any atom is -0.479 e. The van der Waals surface area contributed by atoms with Crippen molar-refractivity contribution in [1.29, 1.82) is 0 Å². The topological polar surface area (TPSA) is 407 Å². The average Bonchev–Trinajstić information content (AvgIpc) is 0.671. The van der Waals surface area contributed by atoms with Gasteiger partial charge in [-0.05, 0) is 96.0 Å². The molecule has 9 aliphatic rings. The van der Waals surface area contributed by atoms with Crippen molar-refractivity contribution in [3.05, 3.63) is 53.6 Å². The summed E-state index contributed by atoms with van der Waals surface area (Å²) in [6, 6.07) is 9.16. The monoisotopic (exact) mass is 1260 g/mol. The lowest BCUT2D eigenvalue weighted by Gasteiger charge is -2.72. The molecule has 26 nitrogen and oxygen atoms in total. The Morgan fingerprint density at radius 2 is 1.28 bits per heavy atom. The molecular weight excluding hydrogens is 1170 g/mol. The van der Waals surface area contributed by atoms with Gasteiger partial charge in [0.25, 0.3) is 0 Å². The fourth-order valence-corrected chi connectivity index (χ4v) is 17.7. The van der Waals surface area contributed by atoms with Crippen LogP contribution in [0.1, 0.15) is 106 Å². The quantitative estimate of drug-likeness (QED) is 0.0458. The number of carbonyl (C=O) groups excluding carboxylic acids is 2. The Bertz CT molecular complexity index is 2750. The first-order valence-electron chi connectivity index (χ1n) is 31.0. The van der Waals surface area contributed by atoms with Gasteiger partial charge in [-0.1, -0.05) is 90.4 Å². The number of rotatable bonds is 15. The Morgan fingerprint density at radius 3 is 1.93 bits per heavy atom. The van der Waals surface area contributed by atoms with Crippen LogP contribution < -0.4 is 0 Å². The summed E-state index contributed by atoms with van der Waals surface area (Å²) < 4.78 is 61.1. The number of aliphatic carboxylic acids is 1. The second-order valence-corrected chi connectivity index (χ2v) is 28.4. The van der Waals surface area contributed by atoms with E-state index in [1.54, 1.807) is 6.08 Å². The number of carbonyl (C=O) groups is 3. The van der Waals surface area contributed by atoms with Gasteiger partial charge in [0.1, 0.15) is 85.5 Å². The van der Waals surface area contributed by atoms with E-state index in [-0.39, 0.29) is 18.3 Å². The minimum atomic E-state index is -2.22. The van der Waals surface area contributed by atoms with Crippen LogP contribution in [-0.4, -0.2) is 246 Å². The van der Waals surface area contributed by atoms with Crippen LogP contribution in [0.25, 0.3) is 6.08 Å². The number of aliphatic hydroxyl groups is 12. The molecule has 1 aromatic carbocycles. The van der Waals surface area contributed by atoms with Crippen LogP contribution in [0.3, 0.4) is 0 Å². The molecule has 89 heavy (non-hydrogen) atoms. The molecule has 0 aromatic heterocycles. The normalized spacial score (nSPS) is 48.6. The van der Waals surface area contributed by atoms with Gasteiger partial charge < -0.3 is 114 Å². The van der Waals surface area contributed by atoms with Gasteiger partial charge in [0, 0.05) is 18.4 Å². The molecule has 1 aromatic rings. The summed E-state index contributed by atoms with van der Waals surface area (Å²) in [6.45, 7) is 13.3. The summed E-state index contributed by atoms with van der Waals surface area (Å²) in [4.78, 5) is 40.0. The number of carboxylic acids is 1. The first kappa shape index (κ1) is 68.2. The molecular formula is C63H92O26. The van der Waals surface area contributed by atoms with Crippen LogP contribution in [0.2, 0.25) is 0 Å². The van der Waals surface area contributed by atoms with Crippen molar-refractivity contribution < 1.29 is 128 Å². The van der Waals surface area contributed by atoms with Crippen molar-refractivity contribution >= 4 is 24.0 Å². The number of hydrogen-bond acceptors (Lipinski definition) is 25. The highest BCUT2D eigenvalue weighted by atomic mass is 16.8. The van der Waals surface area contributed by atoms with Gasteiger partial charge in [-0.15, -0.1) is 0 Å². The summed E-state index contributed by atoms with van der Waals surface area (Å²) in [7, 11) is 0. The second kappa shape index (κ2) is 25.6. The van der Waals surface area contributed by atoms with E-state index in [1.165, 1.54) is 13.0 Å². The van der Waals surface area contributed by atoms with Gasteiger partial charge in [0.05, 0.1) is 44.1 Å². The summed E-state index contributed by atoms with van der Waals surface area (Å²) in [5, 5.41) is 144. The lowest BCUT2D eigenvalue weighted by Crippen LogP contribution is -2.72. The van der Waals surface area contributed by atoms with Crippen LogP contribution in [0, 0.1) is 50.2 Å². The predicted octanol–water partition coefficient (Wildman–Crippen LogP) is -0.444. The molecule has 10 rings (SSSR count). The predicted molar refractivity (Wildman–Crippen MR) is 304 cm³/mol. The van der Waals surface area contributed by atoms with Crippen molar-refractivity contribution in [2.24, 2.45) is 50.2 Å². The molecule has 8 fully saturated rings. The zero-order valence-electron chi connectivity index (χ0n) is 51.5. The average molecular weight is 1270 g/mol. The van der Waals surface area contributed by atoms with E-state index in [1.807, 2.05) is 58.0 Å². The molecule has 500 valence electrons. The van der Waals surface area contributed by atoms with E-state index in [0.717, 1.165) is 11.1 Å². The standard InChI is InChI=1S/C63H92O26/c1-28(66)82-51-52(85-39(70)17-14-29-12-10-9-11-13-29)63(27-65)31(22-58(51,2)3)30-15-16-36-60(6)20-19-38(59(4,5)35(60)18-21-61(36,7)62(30,8)23-37(63)69)84-57-50(89-55-45(76)43(74)42(73)34(24-64)83-55)47(46(77)48(87-57)53(78)79)86-56-49(41(72)33(68)26-81-56)88-54-44(75)40(71)32(67)25-80-54/h9-15,17,31-38,40-52,54-57,64-65,67-69,71-77H,16,18-27H2,1-8H3,(H,78,79). The molecule has 4 saturated carbocycles. The highest BCUT2D eigenvalue weighted by molar-refractivity contribution is 5.87. The van der Waals surface area contributed by atoms with Crippen LogP contribution in [-0.2, 0) is 61.8 Å². The lowest BCUT2D eigenvalue weighted by atomic mass is 9.33. The van der Waals surface area contributed by atoms with Gasteiger partial charge in [-0.2, -0.15) is 0 Å². The molecule has 0 amide bonds. The van der Waals surface area contributed by atoms with Gasteiger partial charge in [0.15, 0.2) is 37.4 Å². The number of fused-ring (bicyclic) bond motifs is 7. The van der Waals surface area contributed by atoms with Crippen molar-refractivity contribution in [3.8, 4) is 0 Å². The number of carboxylic acid groups (broad SMARTS) is 1. The van der Waals surface area contributed by atoms with Gasteiger partial charge in [-0.3, -0.25) is 4.79 Å². The summed E-state index contributed by atoms with van der Waals surface area (Å²) in [5.74, 6) is -3.70. The van der Waals surface area contributed by atoms with E-state index < -0.39 is 218 Å². The molecule has 0 radical (unpaired) electrons. The molecule has 4 aliphatic heterocycles. The van der Waals surface area contributed by atoms with E-state index in [4.69, 9.17) is 47.4 Å². The highest BCUT2D eigenvalue weighted by Gasteiger charge is 2.74. The third-order valence-corrected chi connectivity index (χ3v) is 22.7. The van der Waals surface area contributed by atoms with Crippen LogP contribution in [0.5, 0.6) is 0 Å². The maximum Gasteiger partial charge on any atom is 0.335 e. The van der Waals surface area contributed by atoms with Gasteiger partial charge in [-0.25, -0.2) is 9.59 Å². The fraction of sp³-hybridized carbons (Fsp3) is 0.794. The Balaban J connectivity index is 0.958. The van der Waals surface area contributed by atoms with Gasteiger partial charge >= 0.3 is 17.9 Å². The highest BCUT2D eigenvalue weighted by Crippen LogP contribution is 2.76. The van der Waals surface area contributed by atoms with E-state index >= 15 is 0 Å². The third-order valence-electron chi connectivity index (χ3n) is 22.7. The smallest absolute Gasteiger partial charge is 0.335 e. The van der Waals surface area contributed by atoms with Crippen LogP contribution in [0.15, 0.2) is 48.1 Å². The molecule has 26 heteroatoms. The zero-order valence-corrected chi connectivity index (χ0v) is 51.5. The second-order valence-electron chi connectivity index (χ2n) is 28.4. The van der Waals surface area contributed by atoms with Crippen molar-refractivity contribution in [2.45, 2.75) is 235 Å². The summed E-state index contributed by atoms with van der Waals surface area (Å²) in [5.41, 5.74) is -2.92. The van der Waals surface area contributed by atoms with E-state index in [9.17, 15) is 80.8 Å². The Labute approximate surface area is 516 Å². The lowest BCUT2D eigenvalue weighted by molar-refractivity contribution is -0.399. The summed E-state index contributed by atoms with van der Waals surface area (Å²) in [6.07, 6.45) is -29.6. The number of hydrogen-bond donors (Lipinski definition) is 13. The van der Waals surface area contributed by atoms with Crippen LogP contribution >= 0.6 is 0 Å². The summed E-state index contributed by atoms with van der Waals surface area (Å²) >= 11 is 0. The van der Waals surface area contributed by atoms with Crippen molar-refractivity contribution in [2.75, 3.05) is 26.4 Å². The molecule has 0 bridgehead atoms. The molecule has 0 spiro atoms. The number of aliphatic hydroxyl groups excluding tert-OH is 12. The first-order valence-corrected chi connectivity index (χ1v) is 31.0. The molecule has 29 atom stereocenters. The third kappa shape index (κ3) is 11.8. The molecule has 4 heterocycles. The molecule has 29 unspecified atom stereocenters. The number of benzene rings is 1. The molecule has 13 N–H and O–H groups in total. The fourth-order valence-electron chi connectivity index (χ4n) is 17.7. The van der Waals surface area contributed by atoms with Crippen molar-refractivity contribution in [3.63, 3.8) is 0 Å². The Hall–Kier alpha value is -3.69. The van der Waals surface area contributed by atoms with E-state index in [0.29, 0.717) is 38.5 Å². The van der Waals surface area contributed by atoms with Crippen molar-refractivity contribution in [1.82, 2.24) is 0 Å². The number of allylic oxidation sites excluding steroid dienone is 2. The first-order chi connectivity index (χ1) is 41.8. The molecule has 5 aliphatic carbocycles. The van der Waals surface area contributed by atoms with Gasteiger partial charge in [0.2, 0.25) is 0 Å². The zero-order chi connectivity index (χ0) is 64.8. The Kier molecular flexibility index (Phi) is 19.6. The van der Waals surface area contributed by atoms with Crippen LogP contribution in [0.4, 0.5) is 0 Å². The number of ether oxygens (including phenoxy) is 10. The maximum atomic E-state index is 13.9. The maximum absolute atomic E-state index is 13.9. The van der Waals surface area contributed by atoms with E-state index in [2.05, 4.69) is 26.8 Å². The SMILES string of the molecule is CC(=O)OC1C(OC(=O)C=Cc2ccccc2)C2(CO)C(O)CC3(C)C(=CCC4C5(C)CCC(OC6OC(C(=O)O)C(O)C(OC7OCC(O)C(O)C7OC7OCC(O)C(O)C7O)C6OC6OC(CO)C(O)C(O)C6O)C(C)(C)C5CCC43C)C2CC1(C)C. The Morgan fingerprint density at radius 1 is 0.640 bits per heavy atom. The number of esters is 2. The minimum absolute atomic E-state index is 0.0239.